The summed E-state index contributed by atoms with van der Waals surface area (Å²) in [6.45, 7) is 1.91. The third-order valence-electron chi connectivity index (χ3n) is 4.22. The summed E-state index contributed by atoms with van der Waals surface area (Å²) in [6, 6.07) is 3.66. The van der Waals surface area contributed by atoms with Crippen molar-refractivity contribution in [3.63, 3.8) is 0 Å². The predicted octanol–water partition coefficient (Wildman–Crippen LogP) is 0.889. The Morgan fingerprint density at radius 1 is 1.15 bits per heavy atom. The Morgan fingerprint density at radius 2 is 1.93 bits per heavy atom. The minimum absolute atomic E-state index is 0.0368. The van der Waals surface area contributed by atoms with Gasteiger partial charge in [0.05, 0.1) is 5.56 Å². The van der Waals surface area contributed by atoms with E-state index in [0.717, 1.165) is 10.3 Å². The van der Waals surface area contributed by atoms with Crippen LogP contribution in [0.3, 0.4) is 0 Å². The van der Waals surface area contributed by atoms with Crippen molar-refractivity contribution in [3.8, 4) is 11.5 Å². The Labute approximate surface area is 156 Å². The van der Waals surface area contributed by atoms with E-state index < -0.39 is 11.2 Å². The number of imidazole rings is 1. The van der Waals surface area contributed by atoms with Crippen LogP contribution in [0.2, 0.25) is 5.28 Å². The van der Waals surface area contributed by atoms with E-state index in [1.54, 1.807) is 6.20 Å². The maximum Gasteiger partial charge on any atom is 0.332 e. The Hall–Kier alpha value is -3.27. The molecule has 4 heterocycles. The Bertz CT molecular complexity index is 1280. The molecule has 0 amide bonds. The van der Waals surface area contributed by atoms with Crippen LogP contribution in [0.15, 0.2) is 32.3 Å². The molecule has 0 N–H and O–H groups in total. The number of pyridine rings is 1. The zero-order valence-electron chi connectivity index (χ0n) is 14.7. The van der Waals surface area contributed by atoms with Crippen LogP contribution in [-0.2, 0) is 20.6 Å². The third-order valence-corrected chi connectivity index (χ3v) is 4.51. The molecule has 0 fully saturated rings. The molecular weight excluding hydrogens is 374 g/mol. The van der Waals surface area contributed by atoms with Gasteiger partial charge in [0, 0.05) is 26.0 Å². The average molecular weight is 388 g/mol. The van der Waals surface area contributed by atoms with E-state index in [1.807, 2.05) is 19.1 Å². The lowest BCUT2D eigenvalue weighted by Crippen LogP contribution is -2.37. The lowest BCUT2D eigenvalue weighted by atomic mass is 10.2. The van der Waals surface area contributed by atoms with Gasteiger partial charge >= 0.3 is 5.69 Å². The fourth-order valence-corrected chi connectivity index (χ4v) is 2.95. The molecule has 0 saturated carbocycles. The van der Waals surface area contributed by atoms with Crippen LogP contribution >= 0.6 is 11.6 Å². The molecule has 11 heteroatoms. The van der Waals surface area contributed by atoms with Crippen molar-refractivity contribution >= 4 is 22.8 Å². The van der Waals surface area contributed by atoms with Crippen LogP contribution in [0.4, 0.5) is 0 Å². The first-order valence-electron chi connectivity index (χ1n) is 7.94. The normalized spacial score (nSPS) is 11.4. The highest BCUT2D eigenvalue weighted by atomic mass is 35.5. The molecule has 0 bridgehead atoms. The summed E-state index contributed by atoms with van der Waals surface area (Å²) in [5.74, 6) is 0.543. The van der Waals surface area contributed by atoms with Crippen molar-refractivity contribution in [2.45, 2.75) is 13.5 Å². The molecule has 0 unspecified atom stereocenters. The number of fused-ring (bicyclic) bond motifs is 1. The van der Waals surface area contributed by atoms with Gasteiger partial charge in [0.2, 0.25) is 17.1 Å². The monoisotopic (exact) mass is 387 g/mol. The minimum atomic E-state index is -0.505. The molecule has 10 nitrogen and oxygen atoms in total. The molecule has 0 spiro atoms. The molecule has 0 atom stereocenters. The first-order valence-corrected chi connectivity index (χ1v) is 8.31. The van der Waals surface area contributed by atoms with E-state index in [0.29, 0.717) is 11.5 Å². The second-order valence-electron chi connectivity index (χ2n) is 6.03. The number of hydrogen-bond acceptors (Lipinski definition) is 7. The van der Waals surface area contributed by atoms with Gasteiger partial charge < -0.3 is 4.42 Å². The van der Waals surface area contributed by atoms with E-state index >= 15 is 0 Å². The quantitative estimate of drug-likeness (QED) is 0.479. The van der Waals surface area contributed by atoms with Gasteiger partial charge in [0.15, 0.2) is 11.2 Å². The average Bonchev–Trinajstić information content (AvgIpc) is 3.24. The smallest absolute Gasteiger partial charge is 0.332 e. The first kappa shape index (κ1) is 17.2. The van der Waals surface area contributed by atoms with Gasteiger partial charge in [-0.15, -0.1) is 10.2 Å². The van der Waals surface area contributed by atoms with Crippen molar-refractivity contribution in [3.05, 3.63) is 56.0 Å². The summed E-state index contributed by atoms with van der Waals surface area (Å²) in [7, 11) is 2.91. The molecule has 27 heavy (non-hydrogen) atoms. The number of aromatic nitrogens is 7. The Morgan fingerprint density at radius 3 is 2.63 bits per heavy atom. The zero-order chi connectivity index (χ0) is 19.3. The van der Waals surface area contributed by atoms with Gasteiger partial charge in [0.25, 0.3) is 5.56 Å². The number of hydrogen-bond donors (Lipinski definition) is 0. The fourth-order valence-electron chi connectivity index (χ4n) is 2.73. The van der Waals surface area contributed by atoms with Crippen LogP contribution in [0.5, 0.6) is 0 Å². The van der Waals surface area contributed by atoms with Gasteiger partial charge in [-0.1, -0.05) is 0 Å². The highest BCUT2D eigenvalue weighted by Crippen LogP contribution is 2.20. The molecule has 0 aliphatic rings. The highest BCUT2D eigenvalue weighted by Gasteiger charge is 2.20. The maximum absolute atomic E-state index is 12.5. The third kappa shape index (κ3) is 2.74. The molecule has 138 valence electrons. The second kappa shape index (κ2) is 6.16. The zero-order valence-corrected chi connectivity index (χ0v) is 15.4. The molecule has 4 rings (SSSR count). The van der Waals surface area contributed by atoms with Crippen molar-refractivity contribution in [1.82, 2.24) is 33.9 Å². The summed E-state index contributed by atoms with van der Waals surface area (Å²) >= 11 is 6.20. The summed E-state index contributed by atoms with van der Waals surface area (Å²) in [5.41, 5.74) is 0.934. The topological polar surface area (TPSA) is 114 Å². The highest BCUT2D eigenvalue weighted by molar-refractivity contribution is 6.29. The van der Waals surface area contributed by atoms with Crippen LogP contribution in [-0.4, -0.2) is 33.9 Å². The molecule has 0 aliphatic heterocycles. The van der Waals surface area contributed by atoms with Gasteiger partial charge in [-0.25, -0.2) is 4.79 Å². The van der Waals surface area contributed by atoms with E-state index in [-0.39, 0.29) is 28.9 Å². The lowest BCUT2D eigenvalue weighted by molar-refractivity contribution is 0.490. The molecule has 0 saturated heterocycles. The fraction of sp³-hybridized carbons (Fsp3) is 0.250. The van der Waals surface area contributed by atoms with Crippen LogP contribution in [0, 0.1) is 6.92 Å². The molecule has 4 aromatic rings. The van der Waals surface area contributed by atoms with E-state index in [2.05, 4.69) is 20.2 Å². The lowest BCUT2D eigenvalue weighted by Gasteiger charge is -2.05. The number of halogens is 1. The van der Waals surface area contributed by atoms with E-state index in [4.69, 9.17) is 16.0 Å². The summed E-state index contributed by atoms with van der Waals surface area (Å²) < 4.78 is 9.35. The minimum Gasteiger partial charge on any atom is -0.419 e. The molecule has 4 aromatic heterocycles. The van der Waals surface area contributed by atoms with Gasteiger partial charge in [-0.3, -0.25) is 23.5 Å². The largest absolute Gasteiger partial charge is 0.419 e. The standard InChI is InChI=1S/C16H14ClN7O3/c1-8-4-5-9(6-18-8)13-21-20-10(27-13)7-24-11-12(19-15(24)17)22(2)16(26)23(3)14(11)25/h4-6H,7H2,1-3H3. The molecule has 0 aromatic carbocycles. The van der Waals surface area contributed by atoms with Crippen LogP contribution in [0.25, 0.3) is 22.6 Å². The van der Waals surface area contributed by atoms with Crippen LogP contribution in [0.1, 0.15) is 11.6 Å². The van der Waals surface area contributed by atoms with Gasteiger partial charge in [-0.05, 0) is 30.7 Å². The summed E-state index contributed by atoms with van der Waals surface area (Å²) in [6.07, 6.45) is 1.64. The van der Waals surface area contributed by atoms with Crippen molar-refractivity contribution in [2.75, 3.05) is 0 Å². The second-order valence-corrected chi connectivity index (χ2v) is 6.37. The molecular formula is C16H14ClN7O3. The van der Waals surface area contributed by atoms with E-state index in [1.165, 1.54) is 23.2 Å². The number of aryl methyl sites for hydroxylation is 2. The van der Waals surface area contributed by atoms with Crippen molar-refractivity contribution in [2.24, 2.45) is 14.1 Å². The predicted molar refractivity (Wildman–Crippen MR) is 96.6 cm³/mol. The first-order chi connectivity index (χ1) is 12.9. The number of nitrogens with zero attached hydrogens (tertiary/aromatic N) is 7. The van der Waals surface area contributed by atoms with E-state index in [9.17, 15) is 9.59 Å². The SMILES string of the molecule is Cc1ccc(-c2nnc(Cn3c(Cl)nc4c3c(=O)n(C)c(=O)n4C)o2)cn1. The Kier molecular flexibility index (Phi) is 3.92. The van der Waals surface area contributed by atoms with Crippen molar-refractivity contribution < 1.29 is 4.42 Å². The van der Waals surface area contributed by atoms with Crippen LogP contribution < -0.4 is 11.2 Å². The van der Waals surface area contributed by atoms with Crippen molar-refractivity contribution in [1.29, 1.82) is 0 Å². The summed E-state index contributed by atoms with van der Waals surface area (Å²) in [5, 5.41) is 8.05. The number of rotatable bonds is 3. The molecule has 0 radical (unpaired) electrons. The molecule has 0 aliphatic carbocycles. The van der Waals surface area contributed by atoms with Gasteiger partial charge in [0.1, 0.15) is 6.54 Å². The van der Waals surface area contributed by atoms with Gasteiger partial charge in [-0.2, -0.15) is 4.98 Å². The Balaban J connectivity index is 1.79. The summed E-state index contributed by atoms with van der Waals surface area (Å²) in [4.78, 5) is 32.9. The maximum atomic E-state index is 12.5.